The van der Waals surface area contributed by atoms with Crippen LogP contribution in [0, 0.1) is 5.92 Å². The first-order valence-corrected chi connectivity index (χ1v) is 9.01. The number of hydrogen-bond acceptors (Lipinski definition) is 3. The zero-order valence-electron chi connectivity index (χ0n) is 15.4. The Balaban J connectivity index is 1.94. The summed E-state index contributed by atoms with van der Waals surface area (Å²) in [5.41, 5.74) is 0.499. The lowest BCUT2D eigenvalue weighted by Gasteiger charge is -2.35. The predicted octanol–water partition coefficient (Wildman–Crippen LogP) is 3.95. The first kappa shape index (κ1) is 19.6. The van der Waals surface area contributed by atoms with E-state index in [2.05, 4.69) is 0 Å². The molecule has 1 atom stereocenters. The van der Waals surface area contributed by atoms with Crippen molar-refractivity contribution < 1.29 is 14.3 Å². The van der Waals surface area contributed by atoms with Crippen LogP contribution in [0.2, 0.25) is 5.02 Å². The van der Waals surface area contributed by atoms with Crippen LogP contribution in [0.15, 0.2) is 24.3 Å². The lowest BCUT2D eigenvalue weighted by molar-refractivity contribution is -0.136. The van der Waals surface area contributed by atoms with Crippen molar-refractivity contribution in [3.05, 3.63) is 34.9 Å². The predicted molar refractivity (Wildman–Crippen MR) is 98.5 cm³/mol. The summed E-state index contributed by atoms with van der Waals surface area (Å²) in [6, 6.07) is 7.47. The van der Waals surface area contributed by atoms with Gasteiger partial charge in [0.05, 0.1) is 5.92 Å². The zero-order chi connectivity index (χ0) is 18.6. The molecule has 2 rings (SSSR count). The van der Waals surface area contributed by atoms with Crippen molar-refractivity contribution in [1.29, 1.82) is 0 Å². The summed E-state index contributed by atoms with van der Waals surface area (Å²) in [6.07, 6.45) is 1.26. The number of carbonyl (C=O) groups excluding carboxylic acids is 2. The van der Waals surface area contributed by atoms with Crippen molar-refractivity contribution in [2.24, 2.45) is 5.92 Å². The summed E-state index contributed by atoms with van der Waals surface area (Å²) in [7, 11) is 1.80. The van der Waals surface area contributed by atoms with E-state index in [-0.39, 0.29) is 17.9 Å². The van der Waals surface area contributed by atoms with Gasteiger partial charge in [0.2, 0.25) is 5.91 Å². The van der Waals surface area contributed by atoms with E-state index in [0.717, 1.165) is 18.4 Å². The van der Waals surface area contributed by atoms with Crippen LogP contribution in [0.1, 0.15) is 39.2 Å². The summed E-state index contributed by atoms with van der Waals surface area (Å²) in [5.74, 6) is -0.123. The van der Waals surface area contributed by atoms with Gasteiger partial charge in [-0.15, -0.1) is 0 Å². The van der Waals surface area contributed by atoms with Gasteiger partial charge in [0.25, 0.3) is 0 Å². The highest BCUT2D eigenvalue weighted by atomic mass is 35.5. The molecule has 0 spiro atoms. The minimum absolute atomic E-state index is 0.0585. The Morgan fingerprint density at radius 1 is 1.28 bits per heavy atom. The second-order valence-corrected chi connectivity index (χ2v) is 8.02. The smallest absolute Gasteiger partial charge is 0.410 e. The maximum atomic E-state index is 12.7. The molecule has 1 aromatic rings. The fourth-order valence-corrected chi connectivity index (χ4v) is 3.05. The maximum Gasteiger partial charge on any atom is 0.410 e. The number of piperidine rings is 1. The molecule has 1 aliphatic rings. The van der Waals surface area contributed by atoms with Gasteiger partial charge >= 0.3 is 6.09 Å². The average molecular weight is 367 g/mol. The zero-order valence-corrected chi connectivity index (χ0v) is 16.2. The van der Waals surface area contributed by atoms with Gasteiger partial charge < -0.3 is 14.5 Å². The number of amides is 2. The molecule has 1 fully saturated rings. The van der Waals surface area contributed by atoms with Crippen LogP contribution in [0.5, 0.6) is 0 Å². The van der Waals surface area contributed by atoms with Crippen molar-refractivity contribution in [3.8, 4) is 0 Å². The van der Waals surface area contributed by atoms with Crippen LogP contribution in [0.3, 0.4) is 0 Å². The largest absolute Gasteiger partial charge is 0.444 e. The van der Waals surface area contributed by atoms with E-state index < -0.39 is 5.60 Å². The third-order valence-electron chi connectivity index (χ3n) is 4.13. The van der Waals surface area contributed by atoms with Gasteiger partial charge in [0, 0.05) is 31.7 Å². The van der Waals surface area contributed by atoms with Crippen molar-refractivity contribution in [2.45, 2.75) is 45.8 Å². The normalized spacial score (nSPS) is 18.0. The highest BCUT2D eigenvalue weighted by molar-refractivity contribution is 6.30. The van der Waals surface area contributed by atoms with Gasteiger partial charge in [-0.1, -0.05) is 23.7 Å². The highest BCUT2D eigenvalue weighted by Crippen LogP contribution is 2.22. The van der Waals surface area contributed by atoms with E-state index in [1.54, 1.807) is 16.8 Å². The molecular formula is C19H27ClN2O3. The number of nitrogens with zero attached hydrogens (tertiary/aromatic N) is 2. The van der Waals surface area contributed by atoms with E-state index in [1.807, 2.05) is 45.0 Å². The van der Waals surface area contributed by atoms with E-state index in [4.69, 9.17) is 16.3 Å². The van der Waals surface area contributed by atoms with Gasteiger partial charge in [-0.25, -0.2) is 4.79 Å². The molecule has 0 aliphatic carbocycles. The molecule has 0 N–H and O–H groups in total. The number of carbonyl (C=O) groups is 2. The molecule has 0 bridgehead atoms. The van der Waals surface area contributed by atoms with E-state index in [9.17, 15) is 9.59 Å². The first-order chi connectivity index (χ1) is 11.7. The van der Waals surface area contributed by atoms with Crippen LogP contribution in [-0.4, -0.2) is 47.5 Å². The van der Waals surface area contributed by atoms with Crippen molar-refractivity contribution >= 4 is 23.6 Å². The third-order valence-corrected chi connectivity index (χ3v) is 4.38. The lowest BCUT2D eigenvalue weighted by Crippen LogP contribution is -2.47. The minimum atomic E-state index is -0.528. The number of halogens is 1. The standard InChI is InChI=1S/C19H27ClN2O3/c1-19(2,3)25-18(24)22-11-5-6-15(13-22)17(23)21(4)12-14-7-9-16(20)10-8-14/h7-10,15H,5-6,11-13H2,1-4H3/t15-/m0/s1. The summed E-state index contributed by atoms with van der Waals surface area (Å²) < 4.78 is 5.42. The first-order valence-electron chi connectivity index (χ1n) is 8.63. The van der Waals surface area contributed by atoms with Gasteiger partial charge in [-0.2, -0.15) is 0 Å². The molecule has 1 heterocycles. The van der Waals surface area contributed by atoms with Crippen LogP contribution < -0.4 is 0 Å². The van der Waals surface area contributed by atoms with Crippen molar-refractivity contribution in [3.63, 3.8) is 0 Å². The Kier molecular flexibility index (Phi) is 6.33. The summed E-state index contributed by atoms with van der Waals surface area (Å²) in [5, 5.41) is 0.679. The molecule has 1 aromatic carbocycles. The Hall–Kier alpha value is -1.75. The van der Waals surface area contributed by atoms with Crippen LogP contribution in [0.25, 0.3) is 0 Å². The Labute approximate surface area is 154 Å². The summed E-state index contributed by atoms with van der Waals surface area (Å²) in [4.78, 5) is 28.3. The molecule has 6 heteroatoms. The van der Waals surface area contributed by atoms with Gasteiger partial charge in [-0.05, 0) is 51.3 Å². The molecule has 5 nitrogen and oxygen atoms in total. The molecule has 1 aliphatic heterocycles. The molecule has 1 saturated heterocycles. The molecule has 0 aromatic heterocycles. The molecule has 0 radical (unpaired) electrons. The van der Waals surface area contributed by atoms with Crippen molar-refractivity contribution in [2.75, 3.05) is 20.1 Å². The van der Waals surface area contributed by atoms with Gasteiger partial charge in [-0.3, -0.25) is 4.79 Å². The SMILES string of the molecule is CN(Cc1ccc(Cl)cc1)C(=O)[C@H]1CCCN(C(=O)OC(C)(C)C)C1. The number of rotatable bonds is 3. The molecule has 2 amide bonds. The highest BCUT2D eigenvalue weighted by Gasteiger charge is 2.32. The van der Waals surface area contributed by atoms with Crippen LogP contribution in [-0.2, 0) is 16.1 Å². The quantitative estimate of drug-likeness (QED) is 0.813. The fourth-order valence-electron chi connectivity index (χ4n) is 2.92. The molecule has 25 heavy (non-hydrogen) atoms. The molecular weight excluding hydrogens is 340 g/mol. The maximum absolute atomic E-state index is 12.7. The average Bonchev–Trinajstić information content (AvgIpc) is 2.55. The number of likely N-dealkylation sites (tertiary alicyclic amines) is 1. The Morgan fingerprint density at radius 3 is 2.52 bits per heavy atom. The Bertz CT molecular complexity index is 610. The van der Waals surface area contributed by atoms with Crippen molar-refractivity contribution in [1.82, 2.24) is 9.80 Å². The summed E-state index contributed by atoms with van der Waals surface area (Å²) >= 11 is 5.89. The lowest BCUT2D eigenvalue weighted by atomic mass is 9.96. The Morgan fingerprint density at radius 2 is 1.92 bits per heavy atom. The summed E-state index contributed by atoms with van der Waals surface area (Å²) in [6.45, 7) is 7.11. The topological polar surface area (TPSA) is 49.9 Å². The fraction of sp³-hybridized carbons (Fsp3) is 0.579. The third kappa shape index (κ3) is 5.92. The van der Waals surface area contributed by atoms with E-state index >= 15 is 0 Å². The van der Waals surface area contributed by atoms with Crippen LogP contribution >= 0.6 is 11.6 Å². The second kappa shape index (κ2) is 8.09. The monoisotopic (exact) mass is 366 g/mol. The van der Waals surface area contributed by atoms with Gasteiger partial charge in [0.15, 0.2) is 0 Å². The molecule has 138 valence electrons. The minimum Gasteiger partial charge on any atom is -0.444 e. The van der Waals surface area contributed by atoms with Crippen LogP contribution in [0.4, 0.5) is 4.79 Å². The second-order valence-electron chi connectivity index (χ2n) is 7.59. The molecule has 0 saturated carbocycles. The van der Waals surface area contributed by atoms with E-state index in [1.165, 1.54) is 0 Å². The number of hydrogen-bond donors (Lipinski definition) is 0. The van der Waals surface area contributed by atoms with Gasteiger partial charge in [0.1, 0.15) is 5.60 Å². The number of benzene rings is 1. The molecule has 0 unspecified atom stereocenters. The van der Waals surface area contributed by atoms with E-state index in [0.29, 0.717) is 24.7 Å². The number of ether oxygens (including phenoxy) is 1.